The van der Waals surface area contributed by atoms with Crippen molar-refractivity contribution in [1.82, 2.24) is 5.32 Å². The predicted molar refractivity (Wildman–Crippen MR) is 87.6 cm³/mol. The second kappa shape index (κ2) is 6.67. The van der Waals surface area contributed by atoms with Gasteiger partial charge in [0, 0.05) is 12.6 Å². The summed E-state index contributed by atoms with van der Waals surface area (Å²) in [4.78, 5) is 0. The van der Waals surface area contributed by atoms with Gasteiger partial charge in [0.15, 0.2) is 0 Å². The Morgan fingerprint density at radius 3 is 2.90 bits per heavy atom. The highest BCUT2D eigenvalue weighted by Crippen LogP contribution is 2.44. The lowest BCUT2D eigenvalue weighted by Crippen LogP contribution is -2.40. The fourth-order valence-corrected chi connectivity index (χ4v) is 4.36. The molecule has 0 saturated heterocycles. The third-order valence-corrected chi connectivity index (χ3v) is 5.49. The van der Waals surface area contributed by atoms with Crippen molar-refractivity contribution in [2.24, 2.45) is 11.8 Å². The van der Waals surface area contributed by atoms with E-state index in [1.165, 1.54) is 31.2 Å². The molecular formula is C17H24BrNO2. The van der Waals surface area contributed by atoms with Crippen molar-refractivity contribution in [3.05, 3.63) is 28.2 Å². The van der Waals surface area contributed by atoms with Crippen LogP contribution in [0.1, 0.15) is 31.2 Å². The van der Waals surface area contributed by atoms with E-state index in [-0.39, 0.29) is 0 Å². The van der Waals surface area contributed by atoms with Gasteiger partial charge in [-0.15, -0.1) is 0 Å². The molecule has 0 radical (unpaired) electrons. The molecule has 0 aromatic heterocycles. The van der Waals surface area contributed by atoms with E-state index < -0.39 is 6.10 Å². The van der Waals surface area contributed by atoms with E-state index in [2.05, 4.69) is 21.2 Å². The van der Waals surface area contributed by atoms with Crippen molar-refractivity contribution in [2.75, 3.05) is 13.2 Å². The molecule has 2 saturated carbocycles. The summed E-state index contributed by atoms with van der Waals surface area (Å²) < 4.78 is 6.63. The van der Waals surface area contributed by atoms with Gasteiger partial charge in [0.05, 0.1) is 4.47 Å². The summed E-state index contributed by atoms with van der Waals surface area (Å²) in [6.07, 6.45) is 5.00. The normalized spacial score (nSPS) is 28.8. The molecule has 2 aliphatic carbocycles. The van der Waals surface area contributed by atoms with E-state index in [0.717, 1.165) is 22.1 Å². The predicted octanol–water partition coefficient (Wildman–Crippen LogP) is 3.28. The summed E-state index contributed by atoms with van der Waals surface area (Å²) >= 11 is 3.49. The molecular weight excluding hydrogens is 330 g/mol. The average Bonchev–Trinajstić information content (AvgIpc) is 3.06. The maximum atomic E-state index is 10.1. The Labute approximate surface area is 135 Å². The van der Waals surface area contributed by atoms with E-state index in [1.807, 2.05) is 25.1 Å². The molecule has 1 aromatic rings. The van der Waals surface area contributed by atoms with Gasteiger partial charge in [0.2, 0.25) is 0 Å². The minimum atomic E-state index is -0.461. The van der Waals surface area contributed by atoms with Crippen molar-refractivity contribution in [3.8, 4) is 5.75 Å². The van der Waals surface area contributed by atoms with Crippen LogP contribution in [0.4, 0.5) is 0 Å². The van der Waals surface area contributed by atoms with Crippen LogP contribution in [0.25, 0.3) is 0 Å². The van der Waals surface area contributed by atoms with Gasteiger partial charge in [-0.3, -0.25) is 0 Å². The Morgan fingerprint density at radius 2 is 2.24 bits per heavy atom. The van der Waals surface area contributed by atoms with E-state index in [0.29, 0.717) is 19.2 Å². The van der Waals surface area contributed by atoms with E-state index >= 15 is 0 Å². The van der Waals surface area contributed by atoms with Gasteiger partial charge in [-0.2, -0.15) is 0 Å². The smallest absolute Gasteiger partial charge is 0.133 e. The third kappa shape index (κ3) is 3.79. The molecule has 0 amide bonds. The lowest BCUT2D eigenvalue weighted by Gasteiger charge is -2.24. The minimum Gasteiger partial charge on any atom is -0.490 e. The molecule has 116 valence electrons. The molecule has 2 N–H and O–H groups in total. The average molecular weight is 354 g/mol. The lowest BCUT2D eigenvalue weighted by molar-refractivity contribution is 0.100. The molecule has 0 heterocycles. The first kappa shape index (κ1) is 15.3. The molecule has 0 spiro atoms. The number of hydrogen-bond acceptors (Lipinski definition) is 3. The van der Waals surface area contributed by atoms with Gasteiger partial charge < -0.3 is 15.2 Å². The number of aliphatic hydroxyl groups excluding tert-OH is 1. The maximum Gasteiger partial charge on any atom is 0.133 e. The Hall–Kier alpha value is -0.580. The zero-order valence-corrected chi connectivity index (χ0v) is 14.1. The highest BCUT2D eigenvalue weighted by molar-refractivity contribution is 9.10. The monoisotopic (exact) mass is 353 g/mol. The number of fused-ring (bicyclic) bond motifs is 2. The summed E-state index contributed by atoms with van der Waals surface area (Å²) in [5.74, 6) is 2.57. The van der Waals surface area contributed by atoms with Crippen molar-refractivity contribution < 1.29 is 9.84 Å². The summed E-state index contributed by atoms with van der Waals surface area (Å²) in [6, 6.07) is 6.59. The number of aryl methyl sites for hydroxylation is 1. The van der Waals surface area contributed by atoms with Crippen molar-refractivity contribution in [3.63, 3.8) is 0 Å². The van der Waals surface area contributed by atoms with Gasteiger partial charge in [0.1, 0.15) is 18.5 Å². The van der Waals surface area contributed by atoms with Crippen LogP contribution < -0.4 is 10.1 Å². The highest BCUT2D eigenvalue weighted by atomic mass is 79.9. The quantitative estimate of drug-likeness (QED) is 0.824. The van der Waals surface area contributed by atoms with Crippen molar-refractivity contribution in [1.29, 1.82) is 0 Å². The standard InChI is InChI=1S/C17H24BrNO2/c1-11-2-5-17(15(18)6-11)21-10-14(20)9-19-16-8-12-3-4-13(16)7-12/h2,5-6,12-14,16,19-20H,3-4,7-10H2,1H3. The van der Waals surface area contributed by atoms with Gasteiger partial charge >= 0.3 is 0 Å². The number of ether oxygens (including phenoxy) is 1. The number of halogens is 1. The van der Waals surface area contributed by atoms with Crippen LogP contribution in [0.15, 0.2) is 22.7 Å². The van der Waals surface area contributed by atoms with Crippen molar-refractivity contribution in [2.45, 2.75) is 44.8 Å². The van der Waals surface area contributed by atoms with Crippen LogP contribution >= 0.6 is 15.9 Å². The Morgan fingerprint density at radius 1 is 1.38 bits per heavy atom. The molecule has 21 heavy (non-hydrogen) atoms. The summed E-state index contributed by atoms with van der Waals surface area (Å²) in [5.41, 5.74) is 1.19. The minimum absolute atomic E-state index is 0.329. The zero-order valence-electron chi connectivity index (χ0n) is 12.5. The molecule has 4 heteroatoms. The third-order valence-electron chi connectivity index (χ3n) is 4.87. The molecule has 1 aromatic carbocycles. The van der Waals surface area contributed by atoms with Crippen LogP contribution in [-0.2, 0) is 0 Å². The largest absolute Gasteiger partial charge is 0.490 e. The second-order valence-corrected chi connectivity index (χ2v) is 7.44. The number of aliphatic hydroxyl groups is 1. The molecule has 4 atom stereocenters. The lowest BCUT2D eigenvalue weighted by atomic mass is 9.95. The molecule has 4 unspecified atom stereocenters. The number of nitrogens with one attached hydrogen (secondary N) is 1. The molecule has 0 aliphatic heterocycles. The summed E-state index contributed by atoms with van der Waals surface area (Å²) in [7, 11) is 0. The SMILES string of the molecule is Cc1ccc(OCC(O)CNC2CC3CCC2C3)c(Br)c1. The van der Waals surface area contributed by atoms with Crippen LogP contribution in [-0.4, -0.2) is 30.4 Å². The summed E-state index contributed by atoms with van der Waals surface area (Å²) in [6.45, 7) is 3.00. The Balaban J connectivity index is 1.41. The van der Waals surface area contributed by atoms with Gasteiger partial charge in [-0.1, -0.05) is 12.5 Å². The Kier molecular flexibility index (Phi) is 4.87. The maximum absolute atomic E-state index is 10.1. The van der Waals surface area contributed by atoms with Gasteiger partial charge in [-0.25, -0.2) is 0 Å². The highest BCUT2D eigenvalue weighted by Gasteiger charge is 2.39. The van der Waals surface area contributed by atoms with Crippen LogP contribution in [0.3, 0.4) is 0 Å². The molecule has 2 aliphatic rings. The second-order valence-electron chi connectivity index (χ2n) is 6.59. The van der Waals surface area contributed by atoms with Gasteiger partial charge in [-0.05, 0) is 71.6 Å². The fourth-order valence-electron chi connectivity index (χ4n) is 3.75. The Bertz CT molecular complexity index is 494. The van der Waals surface area contributed by atoms with E-state index in [1.54, 1.807) is 0 Å². The van der Waals surface area contributed by atoms with E-state index in [9.17, 15) is 5.11 Å². The van der Waals surface area contributed by atoms with Gasteiger partial charge in [0.25, 0.3) is 0 Å². The van der Waals surface area contributed by atoms with Crippen LogP contribution in [0, 0.1) is 18.8 Å². The molecule has 3 nitrogen and oxygen atoms in total. The molecule has 2 fully saturated rings. The zero-order chi connectivity index (χ0) is 14.8. The fraction of sp³-hybridized carbons (Fsp3) is 0.647. The number of benzene rings is 1. The first-order valence-corrected chi connectivity index (χ1v) is 8.71. The first-order valence-electron chi connectivity index (χ1n) is 7.92. The number of rotatable bonds is 6. The molecule has 2 bridgehead atoms. The van der Waals surface area contributed by atoms with Crippen LogP contribution in [0.2, 0.25) is 0 Å². The first-order chi connectivity index (χ1) is 10.1. The summed E-state index contributed by atoms with van der Waals surface area (Å²) in [5, 5.41) is 13.6. The van der Waals surface area contributed by atoms with E-state index in [4.69, 9.17) is 4.74 Å². The van der Waals surface area contributed by atoms with Crippen molar-refractivity contribution >= 4 is 15.9 Å². The topological polar surface area (TPSA) is 41.5 Å². The van der Waals surface area contributed by atoms with Crippen LogP contribution in [0.5, 0.6) is 5.75 Å². The molecule has 3 rings (SSSR count). The number of hydrogen-bond donors (Lipinski definition) is 2.